The van der Waals surface area contributed by atoms with Gasteiger partial charge >= 0.3 is 5.69 Å². The van der Waals surface area contributed by atoms with Crippen LogP contribution in [0.2, 0.25) is 0 Å². The SMILES string of the molecule is O=Cc1ccc(OCc2cc(=O)n3ccsc3n2)c([N+](=O)[O-])c1. The monoisotopic (exact) mass is 331 g/mol. The number of carbonyl (C=O) groups excluding carboxylic acids is 1. The minimum Gasteiger partial charge on any atom is -0.480 e. The normalized spacial score (nSPS) is 10.6. The zero-order chi connectivity index (χ0) is 16.4. The first-order valence-electron chi connectivity index (χ1n) is 6.40. The molecule has 2 heterocycles. The summed E-state index contributed by atoms with van der Waals surface area (Å²) in [6, 6.07) is 5.21. The highest BCUT2D eigenvalue weighted by Gasteiger charge is 2.16. The number of fused-ring (bicyclic) bond motifs is 1. The van der Waals surface area contributed by atoms with Crippen LogP contribution < -0.4 is 10.3 Å². The molecule has 0 saturated heterocycles. The molecule has 0 N–H and O–H groups in total. The fourth-order valence-electron chi connectivity index (χ4n) is 1.99. The van der Waals surface area contributed by atoms with E-state index in [-0.39, 0.29) is 29.2 Å². The van der Waals surface area contributed by atoms with Crippen molar-refractivity contribution in [1.82, 2.24) is 9.38 Å². The van der Waals surface area contributed by atoms with Crippen LogP contribution in [0.25, 0.3) is 4.96 Å². The maximum atomic E-state index is 11.9. The number of aldehydes is 1. The van der Waals surface area contributed by atoms with Gasteiger partial charge in [0, 0.05) is 29.3 Å². The topological polar surface area (TPSA) is 104 Å². The molecule has 9 heteroatoms. The molecule has 2 aromatic heterocycles. The zero-order valence-corrected chi connectivity index (χ0v) is 12.4. The quantitative estimate of drug-likeness (QED) is 0.403. The van der Waals surface area contributed by atoms with Gasteiger partial charge in [-0.05, 0) is 12.1 Å². The van der Waals surface area contributed by atoms with E-state index in [2.05, 4.69) is 4.98 Å². The Morgan fingerprint density at radius 1 is 1.39 bits per heavy atom. The summed E-state index contributed by atoms with van der Waals surface area (Å²) < 4.78 is 6.80. The molecule has 3 rings (SSSR count). The summed E-state index contributed by atoms with van der Waals surface area (Å²) in [5.74, 6) is 0.00813. The van der Waals surface area contributed by atoms with Gasteiger partial charge < -0.3 is 4.74 Å². The van der Waals surface area contributed by atoms with E-state index >= 15 is 0 Å². The van der Waals surface area contributed by atoms with E-state index in [1.165, 1.54) is 33.9 Å². The fraction of sp³-hybridized carbons (Fsp3) is 0.0714. The predicted molar refractivity (Wildman–Crippen MR) is 82.2 cm³/mol. The number of nitro benzene ring substituents is 1. The molecule has 0 unspecified atom stereocenters. The van der Waals surface area contributed by atoms with Gasteiger partial charge in [0.1, 0.15) is 12.9 Å². The lowest BCUT2D eigenvalue weighted by atomic mass is 10.2. The summed E-state index contributed by atoms with van der Waals surface area (Å²) >= 11 is 1.30. The minimum absolute atomic E-state index is 0.00813. The number of hydrogen-bond donors (Lipinski definition) is 0. The van der Waals surface area contributed by atoms with Crippen molar-refractivity contribution in [1.29, 1.82) is 0 Å². The number of carbonyl (C=O) groups is 1. The molecule has 0 saturated carbocycles. The molecule has 0 fully saturated rings. The molecule has 116 valence electrons. The highest BCUT2D eigenvalue weighted by Crippen LogP contribution is 2.28. The molecule has 0 radical (unpaired) electrons. The third kappa shape index (κ3) is 2.94. The van der Waals surface area contributed by atoms with Gasteiger partial charge in [-0.1, -0.05) is 0 Å². The molecule has 3 aromatic rings. The van der Waals surface area contributed by atoms with Crippen molar-refractivity contribution in [3.8, 4) is 5.75 Å². The lowest BCUT2D eigenvalue weighted by molar-refractivity contribution is -0.386. The van der Waals surface area contributed by atoms with Gasteiger partial charge in [0.2, 0.25) is 0 Å². The van der Waals surface area contributed by atoms with E-state index in [0.29, 0.717) is 16.9 Å². The van der Waals surface area contributed by atoms with Gasteiger partial charge in [0.15, 0.2) is 10.7 Å². The van der Waals surface area contributed by atoms with Gasteiger partial charge in [-0.2, -0.15) is 0 Å². The zero-order valence-electron chi connectivity index (χ0n) is 11.5. The van der Waals surface area contributed by atoms with E-state index in [0.717, 1.165) is 6.07 Å². The van der Waals surface area contributed by atoms with Gasteiger partial charge in [-0.25, -0.2) is 4.98 Å². The molecule has 1 aromatic carbocycles. The first-order valence-corrected chi connectivity index (χ1v) is 7.28. The summed E-state index contributed by atoms with van der Waals surface area (Å²) in [4.78, 5) is 37.7. The number of nitro groups is 1. The molecule has 0 aliphatic rings. The van der Waals surface area contributed by atoms with Crippen molar-refractivity contribution in [2.45, 2.75) is 6.61 Å². The lowest BCUT2D eigenvalue weighted by Gasteiger charge is -2.06. The Balaban J connectivity index is 1.88. The maximum absolute atomic E-state index is 11.9. The highest BCUT2D eigenvalue weighted by molar-refractivity contribution is 7.15. The third-order valence-electron chi connectivity index (χ3n) is 3.05. The molecular weight excluding hydrogens is 322 g/mol. The first-order chi connectivity index (χ1) is 11.1. The Morgan fingerprint density at radius 2 is 2.22 bits per heavy atom. The van der Waals surface area contributed by atoms with Gasteiger partial charge in [-0.15, -0.1) is 11.3 Å². The minimum atomic E-state index is -0.632. The number of thiazole rings is 1. The molecule has 23 heavy (non-hydrogen) atoms. The Morgan fingerprint density at radius 3 is 2.96 bits per heavy atom. The van der Waals surface area contributed by atoms with Crippen LogP contribution in [0.3, 0.4) is 0 Å². The fourth-order valence-corrected chi connectivity index (χ4v) is 2.72. The number of nitrogens with zero attached hydrogens (tertiary/aromatic N) is 3. The molecule has 0 aliphatic carbocycles. The van der Waals surface area contributed by atoms with Crippen molar-refractivity contribution < 1.29 is 14.5 Å². The summed E-state index contributed by atoms with van der Waals surface area (Å²) in [5.41, 5.74) is -0.0178. The molecular formula is C14H9N3O5S. The number of ether oxygens (including phenoxy) is 1. The van der Waals surface area contributed by atoms with Crippen LogP contribution in [0.5, 0.6) is 5.75 Å². The lowest BCUT2D eigenvalue weighted by Crippen LogP contribution is -2.14. The number of rotatable bonds is 5. The van der Waals surface area contributed by atoms with E-state index in [1.54, 1.807) is 11.6 Å². The number of hydrogen-bond acceptors (Lipinski definition) is 7. The average molecular weight is 331 g/mol. The van der Waals surface area contributed by atoms with Crippen molar-refractivity contribution in [2.24, 2.45) is 0 Å². The summed E-state index contributed by atoms with van der Waals surface area (Å²) in [5, 5.41) is 12.8. The van der Waals surface area contributed by atoms with Crippen LogP contribution in [0.1, 0.15) is 16.1 Å². The molecule has 0 atom stereocenters. The molecule has 8 nitrogen and oxygen atoms in total. The Bertz CT molecular complexity index is 962. The summed E-state index contributed by atoms with van der Waals surface area (Å²) in [6.45, 7) is -0.0923. The van der Waals surface area contributed by atoms with Crippen LogP contribution in [-0.4, -0.2) is 20.6 Å². The van der Waals surface area contributed by atoms with Crippen molar-refractivity contribution in [2.75, 3.05) is 0 Å². The van der Waals surface area contributed by atoms with Gasteiger partial charge in [0.05, 0.1) is 10.6 Å². The summed E-state index contributed by atoms with van der Waals surface area (Å²) in [7, 11) is 0. The second-order valence-corrected chi connectivity index (χ2v) is 5.41. The third-order valence-corrected chi connectivity index (χ3v) is 3.80. The van der Waals surface area contributed by atoms with E-state index < -0.39 is 4.92 Å². The highest BCUT2D eigenvalue weighted by atomic mass is 32.1. The standard InChI is InChI=1S/C14H9N3O5S/c18-7-9-1-2-12(11(5-9)17(20)21)22-8-10-6-13(19)16-3-4-23-14(16)15-10/h1-7H,8H2. The van der Waals surface area contributed by atoms with Crippen molar-refractivity contribution in [3.05, 3.63) is 67.6 Å². The first kappa shape index (κ1) is 14.9. The van der Waals surface area contributed by atoms with Crippen LogP contribution in [0.4, 0.5) is 5.69 Å². The second-order valence-electron chi connectivity index (χ2n) is 4.53. The van der Waals surface area contributed by atoms with Crippen LogP contribution >= 0.6 is 11.3 Å². The molecule has 0 aliphatic heterocycles. The Hall–Kier alpha value is -3.07. The van der Waals surface area contributed by atoms with Crippen LogP contribution in [0, 0.1) is 10.1 Å². The summed E-state index contributed by atoms with van der Waals surface area (Å²) in [6.07, 6.45) is 2.13. The van der Waals surface area contributed by atoms with Crippen LogP contribution in [0.15, 0.2) is 40.6 Å². The van der Waals surface area contributed by atoms with E-state index in [4.69, 9.17) is 4.74 Å². The Kier molecular flexibility index (Phi) is 3.85. The molecule has 0 spiro atoms. The van der Waals surface area contributed by atoms with E-state index in [9.17, 15) is 19.7 Å². The Labute approximate surface area is 132 Å². The van der Waals surface area contributed by atoms with Crippen LogP contribution in [-0.2, 0) is 6.61 Å². The van der Waals surface area contributed by atoms with E-state index in [1.807, 2.05) is 0 Å². The number of benzene rings is 1. The number of aromatic nitrogens is 2. The smallest absolute Gasteiger partial charge is 0.311 e. The maximum Gasteiger partial charge on any atom is 0.311 e. The predicted octanol–water partition coefficient (Wildman–Crippen LogP) is 2.06. The van der Waals surface area contributed by atoms with Gasteiger partial charge in [0.25, 0.3) is 5.56 Å². The molecule has 0 amide bonds. The average Bonchev–Trinajstić information content (AvgIpc) is 3.01. The largest absolute Gasteiger partial charge is 0.480 e. The molecule has 0 bridgehead atoms. The van der Waals surface area contributed by atoms with Crippen molar-refractivity contribution >= 4 is 28.3 Å². The van der Waals surface area contributed by atoms with Gasteiger partial charge in [-0.3, -0.25) is 24.1 Å². The van der Waals surface area contributed by atoms with Crippen molar-refractivity contribution in [3.63, 3.8) is 0 Å². The second kappa shape index (κ2) is 5.97.